The molecule has 0 radical (unpaired) electrons. The van der Waals surface area contributed by atoms with Gasteiger partial charge in [-0.3, -0.25) is 9.59 Å². The molecule has 7 nitrogen and oxygen atoms in total. The highest BCUT2D eigenvalue weighted by Gasteiger charge is 2.35. The number of rotatable bonds is 8. The minimum absolute atomic E-state index is 0.0104. The lowest BCUT2D eigenvalue weighted by Crippen LogP contribution is -2.51. The number of carbonyl (C=O) groups is 3. The first-order chi connectivity index (χ1) is 16.4. The second kappa shape index (κ2) is 10.3. The van der Waals surface area contributed by atoms with Crippen molar-refractivity contribution in [1.29, 1.82) is 0 Å². The number of aliphatic carboxylic acids is 1. The van der Waals surface area contributed by atoms with E-state index >= 15 is 0 Å². The van der Waals surface area contributed by atoms with Crippen LogP contribution >= 0.6 is 0 Å². The van der Waals surface area contributed by atoms with Gasteiger partial charge in [0, 0.05) is 17.9 Å². The van der Waals surface area contributed by atoms with Gasteiger partial charge >= 0.3 is 12.1 Å². The highest BCUT2D eigenvalue weighted by atomic mass is 16.5. The van der Waals surface area contributed by atoms with Crippen molar-refractivity contribution < 1.29 is 24.2 Å². The average molecular weight is 465 g/mol. The summed E-state index contributed by atoms with van der Waals surface area (Å²) in [5, 5.41) is 14.6. The largest absolute Gasteiger partial charge is 0.480 e. The van der Waals surface area contributed by atoms with Crippen LogP contribution < -0.4 is 10.6 Å². The highest BCUT2D eigenvalue weighted by Crippen LogP contribution is 2.44. The monoisotopic (exact) mass is 464 g/mol. The van der Waals surface area contributed by atoms with Crippen molar-refractivity contribution in [2.75, 3.05) is 6.61 Å². The molecule has 1 saturated carbocycles. The molecule has 2 aliphatic rings. The zero-order valence-corrected chi connectivity index (χ0v) is 19.5. The van der Waals surface area contributed by atoms with Crippen LogP contribution in [0.2, 0.25) is 0 Å². The SMILES string of the molecule is C[C@H](NC(=O)CCC1(NC(=O)OCC2c3ccccc3-c3ccccc32)CCCCC1)C(=O)O. The van der Waals surface area contributed by atoms with Crippen molar-refractivity contribution in [2.24, 2.45) is 0 Å². The molecule has 0 unspecified atom stereocenters. The van der Waals surface area contributed by atoms with Crippen molar-refractivity contribution in [3.05, 3.63) is 59.7 Å². The van der Waals surface area contributed by atoms with Crippen LogP contribution in [0.4, 0.5) is 4.79 Å². The van der Waals surface area contributed by atoms with Gasteiger partial charge in [0.15, 0.2) is 0 Å². The number of fused-ring (bicyclic) bond motifs is 3. The van der Waals surface area contributed by atoms with Gasteiger partial charge in [-0.05, 0) is 48.4 Å². The topological polar surface area (TPSA) is 105 Å². The number of carboxylic acids is 1. The predicted molar refractivity (Wildman–Crippen MR) is 128 cm³/mol. The number of carboxylic acid groups (broad SMARTS) is 1. The number of hydrogen-bond acceptors (Lipinski definition) is 4. The molecule has 0 heterocycles. The van der Waals surface area contributed by atoms with Crippen LogP contribution in [-0.2, 0) is 14.3 Å². The summed E-state index contributed by atoms with van der Waals surface area (Å²) in [4.78, 5) is 36.1. The summed E-state index contributed by atoms with van der Waals surface area (Å²) in [6.45, 7) is 1.68. The third-order valence-corrected chi connectivity index (χ3v) is 7.10. The van der Waals surface area contributed by atoms with Crippen LogP contribution in [0.3, 0.4) is 0 Å². The molecule has 1 atom stereocenters. The fourth-order valence-corrected chi connectivity index (χ4v) is 5.25. The second-order valence-corrected chi connectivity index (χ2v) is 9.42. The normalized spacial score (nSPS) is 17.2. The van der Waals surface area contributed by atoms with Gasteiger partial charge in [0.1, 0.15) is 12.6 Å². The molecule has 2 aromatic carbocycles. The molecular formula is C27H32N2O5. The van der Waals surface area contributed by atoms with E-state index in [1.54, 1.807) is 0 Å². The van der Waals surface area contributed by atoms with Crippen LogP contribution in [0.15, 0.2) is 48.5 Å². The van der Waals surface area contributed by atoms with E-state index in [2.05, 4.69) is 34.9 Å². The lowest BCUT2D eigenvalue weighted by atomic mass is 9.78. The summed E-state index contributed by atoms with van der Waals surface area (Å²) >= 11 is 0. The molecule has 0 spiro atoms. The Balaban J connectivity index is 1.38. The van der Waals surface area contributed by atoms with E-state index in [4.69, 9.17) is 9.84 Å². The molecule has 7 heteroatoms. The lowest BCUT2D eigenvalue weighted by Gasteiger charge is -2.38. The number of amides is 2. The number of carbonyl (C=O) groups excluding carboxylic acids is 2. The average Bonchev–Trinajstić information content (AvgIpc) is 3.16. The fourth-order valence-electron chi connectivity index (χ4n) is 5.25. The molecule has 2 aliphatic carbocycles. The van der Waals surface area contributed by atoms with E-state index in [1.807, 2.05) is 24.3 Å². The molecule has 0 bridgehead atoms. The summed E-state index contributed by atoms with van der Waals surface area (Å²) in [7, 11) is 0. The first-order valence-electron chi connectivity index (χ1n) is 12.0. The van der Waals surface area contributed by atoms with Crippen molar-refractivity contribution in [2.45, 2.75) is 69.4 Å². The Morgan fingerprint density at radius 1 is 1.00 bits per heavy atom. The van der Waals surface area contributed by atoms with E-state index in [0.717, 1.165) is 43.2 Å². The molecule has 0 aliphatic heterocycles. The number of ether oxygens (including phenoxy) is 1. The maximum Gasteiger partial charge on any atom is 0.407 e. The van der Waals surface area contributed by atoms with Crippen molar-refractivity contribution in [3.8, 4) is 11.1 Å². The Hall–Kier alpha value is -3.35. The van der Waals surface area contributed by atoms with Crippen LogP contribution in [0, 0.1) is 0 Å². The van der Waals surface area contributed by atoms with Crippen molar-refractivity contribution in [3.63, 3.8) is 0 Å². The Bertz CT molecular complexity index is 1010. The van der Waals surface area contributed by atoms with E-state index in [-0.39, 0.29) is 24.9 Å². The zero-order chi connectivity index (χ0) is 24.1. The van der Waals surface area contributed by atoms with E-state index in [0.29, 0.717) is 6.42 Å². The van der Waals surface area contributed by atoms with E-state index in [1.165, 1.54) is 18.1 Å². The smallest absolute Gasteiger partial charge is 0.407 e. The van der Waals surface area contributed by atoms with E-state index in [9.17, 15) is 14.4 Å². The summed E-state index contributed by atoms with van der Waals surface area (Å²) in [6, 6.07) is 15.5. The van der Waals surface area contributed by atoms with Gasteiger partial charge in [-0.15, -0.1) is 0 Å². The predicted octanol–water partition coefficient (Wildman–Crippen LogP) is 4.60. The molecule has 2 aromatic rings. The van der Waals surface area contributed by atoms with Gasteiger partial charge in [0.25, 0.3) is 0 Å². The van der Waals surface area contributed by atoms with Gasteiger partial charge in [0.05, 0.1) is 0 Å². The quantitative estimate of drug-likeness (QED) is 0.530. The van der Waals surface area contributed by atoms with Gasteiger partial charge < -0.3 is 20.5 Å². The number of hydrogen-bond donors (Lipinski definition) is 3. The first kappa shape index (κ1) is 23.8. The lowest BCUT2D eigenvalue weighted by molar-refractivity contribution is -0.141. The molecular weight excluding hydrogens is 432 g/mol. The van der Waals surface area contributed by atoms with E-state index < -0.39 is 23.6 Å². The summed E-state index contributed by atoms with van der Waals surface area (Å²) in [5.41, 5.74) is 4.17. The minimum atomic E-state index is -1.07. The van der Waals surface area contributed by atoms with Gasteiger partial charge in [-0.25, -0.2) is 4.79 Å². The van der Waals surface area contributed by atoms with Crippen LogP contribution in [0.25, 0.3) is 11.1 Å². The van der Waals surface area contributed by atoms with Gasteiger partial charge in [-0.2, -0.15) is 0 Å². The first-order valence-corrected chi connectivity index (χ1v) is 12.0. The minimum Gasteiger partial charge on any atom is -0.480 e. The molecule has 1 fully saturated rings. The molecule has 0 aromatic heterocycles. The van der Waals surface area contributed by atoms with Gasteiger partial charge in [-0.1, -0.05) is 67.8 Å². The van der Waals surface area contributed by atoms with Crippen LogP contribution in [0.1, 0.15) is 68.9 Å². The molecule has 4 rings (SSSR count). The summed E-state index contributed by atoms with van der Waals surface area (Å²) in [6.07, 6.45) is 4.72. The number of nitrogens with one attached hydrogen (secondary N) is 2. The second-order valence-electron chi connectivity index (χ2n) is 9.42. The zero-order valence-electron chi connectivity index (χ0n) is 19.5. The maximum atomic E-state index is 12.9. The van der Waals surface area contributed by atoms with Crippen LogP contribution in [0.5, 0.6) is 0 Å². The molecule has 3 N–H and O–H groups in total. The van der Waals surface area contributed by atoms with Crippen molar-refractivity contribution in [1.82, 2.24) is 10.6 Å². The number of alkyl carbamates (subject to hydrolysis) is 1. The Morgan fingerprint density at radius 2 is 1.59 bits per heavy atom. The Kier molecular flexibility index (Phi) is 7.20. The molecule has 34 heavy (non-hydrogen) atoms. The highest BCUT2D eigenvalue weighted by molar-refractivity contribution is 5.83. The Morgan fingerprint density at radius 3 is 2.18 bits per heavy atom. The summed E-state index contributed by atoms with van der Waals surface area (Å²) < 4.78 is 5.74. The standard InChI is InChI=1S/C27H32N2O5/c1-18(25(31)32)28-24(30)13-16-27(14-7-2-8-15-27)29-26(33)34-17-23-21-11-5-3-9-19(21)20-10-4-6-12-22(20)23/h3-6,9-12,18,23H,2,7-8,13-17H2,1H3,(H,28,30)(H,29,33)(H,31,32)/t18-/m0/s1. The molecule has 2 amide bonds. The van der Waals surface area contributed by atoms with Crippen molar-refractivity contribution >= 4 is 18.0 Å². The Labute approximate surface area is 199 Å². The maximum absolute atomic E-state index is 12.9. The van der Waals surface area contributed by atoms with Crippen LogP contribution in [-0.4, -0.2) is 41.3 Å². The van der Waals surface area contributed by atoms with Gasteiger partial charge in [0.2, 0.25) is 5.91 Å². The number of benzene rings is 2. The molecule has 180 valence electrons. The third kappa shape index (κ3) is 5.24. The summed E-state index contributed by atoms with van der Waals surface area (Å²) in [5.74, 6) is -1.41. The third-order valence-electron chi connectivity index (χ3n) is 7.10. The molecule has 0 saturated heterocycles. The fraction of sp³-hybridized carbons (Fsp3) is 0.444.